The zero-order chi connectivity index (χ0) is 27.6. The number of anilines is 2. The first-order chi connectivity index (χ1) is 18.0. The first-order valence-electron chi connectivity index (χ1n) is 10.9. The third-order valence-electron chi connectivity index (χ3n) is 5.43. The normalized spacial score (nSPS) is 14.6. The van der Waals surface area contributed by atoms with Crippen molar-refractivity contribution in [1.29, 1.82) is 0 Å². The minimum atomic E-state index is -4.54. The summed E-state index contributed by atoms with van der Waals surface area (Å²) in [5.41, 5.74) is 1.54. The van der Waals surface area contributed by atoms with Gasteiger partial charge in [0.2, 0.25) is 0 Å². The number of nitro benzene ring substituents is 1. The van der Waals surface area contributed by atoms with Gasteiger partial charge in [-0.25, -0.2) is 0 Å². The molecule has 10 nitrogen and oxygen atoms in total. The van der Waals surface area contributed by atoms with Crippen LogP contribution in [0.25, 0.3) is 6.08 Å². The van der Waals surface area contributed by atoms with Crippen LogP contribution >= 0.6 is 24.0 Å². The summed E-state index contributed by atoms with van der Waals surface area (Å²) in [4.78, 5) is 26.8. The molecule has 13 heteroatoms. The molecule has 0 N–H and O–H groups in total. The van der Waals surface area contributed by atoms with Crippen LogP contribution in [0.2, 0.25) is 0 Å². The molecule has 38 heavy (non-hydrogen) atoms. The highest BCUT2D eigenvalue weighted by Crippen LogP contribution is 2.38. The van der Waals surface area contributed by atoms with E-state index in [9.17, 15) is 23.3 Å². The molecule has 0 unspecified atom stereocenters. The topological polar surface area (TPSA) is 119 Å². The van der Waals surface area contributed by atoms with Crippen LogP contribution in [0.4, 0.5) is 17.1 Å². The number of thioether (sulfide) groups is 1. The molecule has 0 aromatic heterocycles. The minimum Gasteiger partial charge on any atom is -0.493 e. The van der Waals surface area contributed by atoms with Crippen LogP contribution in [-0.4, -0.2) is 44.8 Å². The Kier molecular flexibility index (Phi) is 7.71. The fourth-order valence-corrected chi connectivity index (χ4v) is 5.97. The third-order valence-corrected chi connectivity index (χ3v) is 8.02. The quantitative estimate of drug-likeness (QED) is 0.122. The Balaban J connectivity index is 1.60. The Morgan fingerprint density at radius 1 is 1.05 bits per heavy atom. The molecule has 1 saturated heterocycles. The van der Waals surface area contributed by atoms with Crippen molar-refractivity contribution >= 4 is 67.5 Å². The van der Waals surface area contributed by atoms with Crippen molar-refractivity contribution in [3.8, 4) is 11.5 Å². The number of thiocarbonyl (C=S) groups is 1. The second-order valence-electron chi connectivity index (χ2n) is 8.10. The van der Waals surface area contributed by atoms with Gasteiger partial charge in [0.05, 0.1) is 22.6 Å². The van der Waals surface area contributed by atoms with Crippen molar-refractivity contribution in [2.75, 3.05) is 31.0 Å². The van der Waals surface area contributed by atoms with E-state index in [1.54, 1.807) is 6.08 Å². The maximum Gasteiger partial charge on any atom is 0.346 e. The number of para-hydroxylation sites is 1. The molecule has 1 heterocycles. The molecule has 3 aromatic carbocycles. The Morgan fingerprint density at radius 2 is 1.74 bits per heavy atom. The van der Waals surface area contributed by atoms with Crippen LogP contribution in [0.15, 0.2) is 76.5 Å². The van der Waals surface area contributed by atoms with Crippen molar-refractivity contribution in [1.82, 2.24) is 0 Å². The van der Waals surface area contributed by atoms with Gasteiger partial charge in [-0.3, -0.25) is 19.8 Å². The molecule has 1 amide bonds. The molecule has 1 aliphatic heterocycles. The summed E-state index contributed by atoms with van der Waals surface area (Å²) in [7, 11) is 0.617. The Morgan fingerprint density at radius 3 is 2.37 bits per heavy atom. The van der Waals surface area contributed by atoms with Crippen molar-refractivity contribution in [2.45, 2.75) is 4.90 Å². The molecular formula is C25H21N3O7S3. The number of benzene rings is 3. The number of ether oxygens (including phenoxy) is 1. The van der Waals surface area contributed by atoms with Gasteiger partial charge >= 0.3 is 10.1 Å². The van der Waals surface area contributed by atoms with E-state index in [2.05, 4.69) is 0 Å². The summed E-state index contributed by atoms with van der Waals surface area (Å²) in [5, 5.41) is 11.3. The largest absolute Gasteiger partial charge is 0.493 e. The smallest absolute Gasteiger partial charge is 0.346 e. The molecule has 4 rings (SSSR count). The number of amides is 1. The minimum absolute atomic E-state index is 0.0515. The lowest BCUT2D eigenvalue weighted by atomic mass is 10.2. The van der Waals surface area contributed by atoms with E-state index < -0.39 is 25.6 Å². The average Bonchev–Trinajstić information content (AvgIpc) is 3.16. The molecule has 0 atom stereocenters. The number of nitro groups is 1. The van der Waals surface area contributed by atoms with E-state index in [1.165, 1.54) is 42.3 Å². The Bertz CT molecular complexity index is 1570. The van der Waals surface area contributed by atoms with Gasteiger partial charge in [-0.1, -0.05) is 42.2 Å². The predicted molar refractivity (Wildman–Crippen MR) is 150 cm³/mol. The number of rotatable bonds is 8. The van der Waals surface area contributed by atoms with Gasteiger partial charge in [0.15, 0.2) is 20.7 Å². The van der Waals surface area contributed by atoms with Crippen molar-refractivity contribution in [2.24, 2.45) is 0 Å². The number of hydrogen-bond donors (Lipinski definition) is 0. The van der Waals surface area contributed by atoms with Crippen LogP contribution in [-0.2, 0) is 14.9 Å². The van der Waals surface area contributed by atoms with Crippen LogP contribution in [0.1, 0.15) is 5.56 Å². The highest BCUT2D eigenvalue weighted by Gasteiger charge is 2.33. The lowest BCUT2D eigenvalue weighted by Gasteiger charge is -2.17. The number of carbonyl (C=O) groups is 1. The fourth-order valence-electron chi connectivity index (χ4n) is 3.57. The number of methoxy groups -OCH3 is 1. The van der Waals surface area contributed by atoms with Crippen molar-refractivity contribution in [3.05, 3.63) is 87.3 Å². The number of hydrogen-bond acceptors (Lipinski definition) is 10. The lowest BCUT2D eigenvalue weighted by molar-refractivity contribution is -0.387. The fraction of sp³-hybridized carbons (Fsp3) is 0.120. The van der Waals surface area contributed by atoms with E-state index in [0.29, 0.717) is 20.5 Å². The summed E-state index contributed by atoms with van der Waals surface area (Å²) in [6.45, 7) is 0. The summed E-state index contributed by atoms with van der Waals surface area (Å²) >= 11 is 6.58. The van der Waals surface area contributed by atoms with E-state index in [-0.39, 0.29) is 17.4 Å². The third kappa shape index (κ3) is 5.49. The summed E-state index contributed by atoms with van der Waals surface area (Å²) < 4.78 is 36.5. The molecule has 196 valence electrons. The average molecular weight is 572 g/mol. The second kappa shape index (κ2) is 10.8. The number of nitrogens with zero attached hydrogens (tertiary/aromatic N) is 3. The van der Waals surface area contributed by atoms with Crippen LogP contribution in [0, 0.1) is 10.1 Å². The monoisotopic (exact) mass is 571 g/mol. The molecule has 0 aliphatic carbocycles. The maximum atomic E-state index is 13.1. The van der Waals surface area contributed by atoms with Crippen LogP contribution < -0.4 is 18.7 Å². The zero-order valence-electron chi connectivity index (χ0n) is 20.4. The van der Waals surface area contributed by atoms with Crippen molar-refractivity contribution in [3.63, 3.8) is 0 Å². The molecular weight excluding hydrogens is 550 g/mol. The molecule has 0 saturated carbocycles. The van der Waals surface area contributed by atoms with Crippen molar-refractivity contribution < 1.29 is 27.1 Å². The standard InChI is InChI=1S/C25H21N3O7S3/c1-26(2)17-9-11-18(12-10-17)27-24(29)22(37-25(27)36)15-16-8-13-20(21(14-16)34-3)35-38(32,33)23-7-5-4-6-19(23)28(30)31/h4-15H,1-3H3/b22-15-. The molecule has 1 fully saturated rings. The SMILES string of the molecule is COc1cc(/C=C2\SC(=S)N(c3ccc(N(C)C)cc3)C2=O)ccc1OS(=O)(=O)c1ccccc1[N+](=O)[O-]. The van der Waals surface area contributed by atoms with Gasteiger partial charge in [0.25, 0.3) is 11.6 Å². The molecule has 0 spiro atoms. The van der Waals surface area contributed by atoms with E-state index in [4.69, 9.17) is 21.1 Å². The maximum absolute atomic E-state index is 13.1. The van der Waals surface area contributed by atoms with Gasteiger partial charge in [0, 0.05) is 25.8 Å². The van der Waals surface area contributed by atoms with Gasteiger partial charge in [-0.05, 0) is 54.1 Å². The van der Waals surface area contributed by atoms with Crippen LogP contribution in [0.3, 0.4) is 0 Å². The first-order valence-corrected chi connectivity index (χ1v) is 13.6. The second-order valence-corrected chi connectivity index (χ2v) is 11.3. The molecule has 1 aliphatic rings. The highest BCUT2D eigenvalue weighted by atomic mass is 32.2. The molecule has 3 aromatic rings. The number of carbonyl (C=O) groups excluding carboxylic acids is 1. The summed E-state index contributed by atoms with van der Waals surface area (Å²) in [6.07, 6.45) is 1.61. The molecule has 0 radical (unpaired) electrons. The van der Waals surface area contributed by atoms with E-state index in [0.717, 1.165) is 29.6 Å². The lowest BCUT2D eigenvalue weighted by Crippen LogP contribution is -2.27. The zero-order valence-corrected chi connectivity index (χ0v) is 22.8. The van der Waals surface area contributed by atoms with Gasteiger partial charge in [-0.2, -0.15) is 8.42 Å². The first kappa shape index (κ1) is 27.1. The molecule has 0 bridgehead atoms. The Hall–Kier alpha value is -3.94. The van der Waals surface area contributed by atoms with Gasteiger partial charge < -0.3 is 13.8 Å². The van der Waals surface area contributed by atoms with E-state index in [1.807, 2.05) is 43.3 Å². The summed E-state index contributed by atoms with van der Waals surface area (Å²) in [5.74, 6) is -0.414. The van der Waals surface area contributed by atoms with Gasteiger partial charge in [-0.15, -0.1) is 0 Å². The summed E-state index contributed by atoms with van der Waals surface area (Å²) in [6, 6.07) is 16.6. The highest BCUT2D eigenvalue weighted by molar-refractivity contribution is 8.27. The van der Waals surface area contributed by atoms with Gasteiger partial charge in [0.1, 0.15) is 0 Å². The van der Waals surface area contributed by atoms with Crippen LogP contribution in [0.5, 0.6) is 11.5 Å². The Labute approximate surface area is 228 Å². The predicted octanol–water partition coefficient (Wildman–Crippen LogP) is 4.84. The van der Waals surface area contributed by atoms with E-state index >= 15 is 0 Å².